The molecule has 4 bridgehead atoms. The van der Waals surface area contributed by atoms with E-state index >= 15 is 8.78 Å². The number of nitrogens with zero attached hydrogens (tertiary/aromatic N) is 3. The number of sulfonamides is 1. The molecule has 1 unspecified atom stereocenters. The van der Waals surface area contributed by atoms with Crippen LogP contribution in [0.2, 0.25) is 0 Å². The van der Waals surface area contributed by atoms with E-state index < -0.39 is 85.6 Å². The number of nitrogens with one attached hydrogen (secondary N) is 3. The molecule has 3 aliphatic heterocycles. The minimum Gasteiger partial charge on any atom is -0.470 e. The number of ether oxygens (including phenoxy) is 2. The van der Waals surface area contributed by atoms with Crippen molar-refractivity contribution >= 4 is 44.9 Å². The van der Waals surface area contributed by atoms with Crippen LogP contribution in [-0.4, -0.2) is 89.7 Å². The molecule has 2 saturated carbocycles. The first-order valence-electron chi connectivity index (χ1n) is 18.7. The number of halogens is 2. The van der Waals surface area contributed by atoms with Gasteiger partial charge in [0.1, 0.15) is 24.3 Å². The third kappa shape index (κ3) is 8.01. The molecule has 1 aromatic heterocycles. The molecule has 4 heterocycles. The standard InChI is InChI=1S/C37H46F2N6O8S/c1-35(2)16-17-37(38,39)29-31(41-26-12-9-8-11-25(26)40-29)53-28-20-45-19-24(28)30(46)43-36(33(48)44-54(50,51)23-14-15-23)18-22(36)10-6-4-3-5-7-13-27(32(45)47)42-34(49)52-21-35/h8-9,11-12,16-17,22-24,27-28H,3-7,10,13-15,18-21H2,1-2H3,(H,42,49)(H,43,46)(H,44,48)/t22-,24?,27+,28+,36+/m1/s1. The molecule has 2 saturated heterocycles. The maximum Gasteiger partial charge on any atom is 0.407 e. The second-order valence-corrected chi connectivity index (χ2v) is 17.9. The van der Waals surface area contributed by atoms with Gasteiger partial charge in [-0.3, -0.25) is 19.1 Å². The van der Waals surface area contributed by atoms with Gasteiger partial charge >= 0.3 is 12.0 Å². The van der Waals surface area contributed by atoms with E-state index in [0.29, 0.717) is 38.2 Å². The van der Waals surface area contributed by atoms with E-state index in [4.69, 9.17) is 9.47 Å². The van der Waals surface area contributed by atoms with Crippen LogP contribution in [0, 0.1) is 17.3 Å². The molecule has 54 heavy (non-hydrogen) atoms. The van der Waals surface area contributed by atoms with E-state index in [1.807, 2.05) is 0 Å². The number of carbonyl (C=O) groups is 4. The number of allylic oxidation sites excluding steroid dienone is 1. The van der Waals surface area contributed by atoms with Crippen molar-refractivity contribution in [3.63, 3.8) is 0 Å². The van der Waals surface area contributed by atoms with Crippen LogP contribution in [0.1, 0.15) is 83.7 Å². The van der Waals surface area contributed by atoms with Gasteiger partial charge in [0.2, 0.25) is 27.7 Å². The number of alkyl carbamates (subject to hydrolysis) is 1. The van der Waals surface area contributed by atoms with Crippen LogP contribution in [0.15, 0.2) is 36.4 Å². The van der Waals surface area contributed by atoms with Crippen LogP contribution in [0.5, 0.6) is 5.88 Å². The van der Waals surface area contributed by atoms with Gasteiger partial charge in [0.05, 0.1) is 28.7 Å². The summed E-state index contributed by atoms with van der Waals surface area (Å²) in [5.74, 6) is -7.87. The fourth-order valence-electron chi connectivity index (χ4n) is 7.55. The van der Waals surface area contributed by atoms with Gasteiger partial charge < -0.3 is 25.0 Å². The van der Waals surface area contributed by atoms with Gasteiger partial charge in [0.15, 0.2) is 5.69 Å². The number of rotatable bonds is 3. The topological polar surface area (TPSA) is 186 Å². The third-order valence-corrected chi connectivity index (χ3v) is 12.9. The minimum absolute atomic E-state index is 0.174. The van der Waals surface area contributed by atoms with E-state index in [-0.39, 0.29) is 43.1 Å². The SMILES string of the molecule is CC1(C)C=CC(F)(F)c2nc3ccccc3nc2O[C@H]2CN3CC2C(=O)N[C@@]2(C(=O)NS(=O)(=O)C4CC4)C[C@H]2CCCCCCC[C@H](NC(=O)OC1)C3=O. The van der Waals surface area contributed by atoms with E-state index in [2.05, 4.69) is 25.3 Å². The summed E-state index contributed by atoms with van der Waals surface area (Å²) in [5, 5.41) is 4.84. The van der Waals surface area contributed by atoms with Crippen molar-refractivity contribution in [3.05, 3.63) is 42.1 Å². The molecule has 5 atom stereocenters. The highest BCUT2D eigenvalue weighted by atomic mass is 32.2. The molecule has 2 aliphatic carbocycles. The van der Waals surface area contributed by atoms with Gasteiger partial charge in [0, 0.05) is 12.0 Å². The van der Waals surface area contributed by atoms with Crippen molar-refractivity contribution in [2.75, 3.05) is 19.7 Å². The lowest BCUT2D eigenvalue weighted by Crippen LogP contribution is -2.55. The fraction of sp³-hybridized carbons (Fsp3) is 0.622. The Balaban J connectivity index is 1.29. The normalized spacial score (nSPS) is 30.4. The van der Waals surface area contributed by atoms with Gasteiger partial charge in [0.25, 0.3) is 5.91 Å². The lowest BCUT2D eigenvalue weighted by molar-refractivity contribution is -0.134. The number of fused-ring (bicyclic) bond motifs is 7. The molecule has 4 fully saturated rings. The molecule has 7 rings (SSSR count). The molecular weight excluding hydrogens is 727 g/mol. The summed E-state index contributed by atoms with van der Waals surface area (Å²) in [5.41, 5.74) is -2.95. The first kappa shape index (κ1) is 37.9. The molecule has 17 heteroatoms. The molecule has 0 spiro atoms. The number of para-hydroxylation sites is 2. The van der Waals surface area contributed by atoms with Crippen molar-refractivity contribution < 1.29 is 45.9 Å². The predicted molar refractivity (Wildman–Crippen MR) is 190 cm³/mol. The minimum atomic E-state index is -3.93. The summed E-state index contributed by atoms with van der Waals surface area (Å²) >= 11 is 0. The second kappa shape index (κ2) is 14.3. The number of carbonyl (C=O) groups excluding carboxylic acids is 4. The smallest absolute Gasteiger partial charge is 0.407 e. The van der Waals surface area contributed by atoms with Crippen molar-refractivity contribution in [1.29, 1.82) is 0 Å². The van der Waals surface area contributed by atoms with Crippen LogP contribution in [0.25, 0.3) is 11.0 Å². The highest BCUT2D eigenvalue weighted by Gasteiger charge is 2.62. The molecule has 3 N–H and O–H groups in total. The summed E-state index contributed by atoms with van der Waals surface area (Å²) in [6, 6.07) is 5.39. The van der Waals surface area contributed by atoms with Gasteiger partial charge in [-0.2, -0.15) is 8.78 Å². The van der Waals surface area contributed by atoms with Gasteiger partial charge in [-0.25, -0.2) is 23.2 Å². The average molecular weight is 773 g/mol. The Morgan fingerprint density at radius 2 is 1.63 bits per heavy atom. The maximum absolute atomic E-state index is 16.2. The monoisotopic (exact) mass is 772 g/mol. The number of amides is 4. The summed E-state index contributed by atoms with van der Waals surface area (Å²) in [6.07, 6.45) is 5.40. The van der Waals surface area contributed by atoms with Crippen LogP contribution in [-0.2, 0) is 35.1 Å². The Bertz CT molecular complexity index is 1970. The van der Waals surface area contributed by atoms with E-state index in [1.165, 1.54) is 17.0 Å². The van der Waals surface area contributed by atoms with Gasteiger partial charge in [-0.15, -0.1) is 0 Å². The van der Waals surface area contributed by atoms with Crippen LogP contribution < -0.4 is 20.1 Å². The van der Waals surface area contributed by atoms with Gasteiger partial charge in [-0.05, 0) is 56.2 Å². The first-order valence-corrected chi connectivity index (χ1v) is 20.2. The van der Waals surface area contributed by atoms with E-state index in [9.17, 15) is 27.6 Å². The molecule has 14 nitrogen and oxygen atoms in total. The fourth-order valence-corrected chi connectivity index (χ4v) is 8.92. The largest absolute Gasteiger partial charge is 0.470 e. The quantitative estimate of drug-likeness (QED) is 0.387. The van der Waals surface area contributed by atoms with Crippen LogP contribution in [0.4, 0.5) is 13.6 Å². The Hall–Kier alpha value is -4.41. The zero-order chi connectivity index (χ0) is 38.5. The maximum atomic E-state index is 16.2. The molecule has 0 radical (unpaired) electrons. The Kier molecular flexibility index (Phi) is 10.1. The second-order valence-electron chi connectivity index (χ2n) is 16.0. The summed E-state index contributed by atoms with van der Waals surface area (Å²) < 4.78 is 72.0. The Morgan fingerprint density at radius 3 is 2.35 bits per heavy atom. The Morgan fingerprint density at radius 1 is 0.944 bits per heavy atom. The van der Waals surface area contributed by atoms with Crippen molar-refractivity contribution in [2.24, 2.45) is 17.3 Å². The van der Waals surface area contributed by atoms with E-state index in [0.717, 1.165) is 25.7 Å². The molecule has 5 aliphatic rings. The zero-order valence-electron chi connectivity index (χ0n) is 30.3. The molecule has 1 aromatic carbocycles. The first-order chi connectivity index (χ1) is 25.6. The number of alkyl halides is 2. The van der Waals surface area contributed by atoms with Crippen molar-refractivity contribution in [3.8, 4) is 5.88 Å². The van der Waals surface area contributed by atoms with E-state index in [1.54, 1.807) is 32.0 Å². The molecular formula is C37H46F2N6O8S. The van der Waals surface area contributed by atoms with Crippen molar-refractivity contribution in [1.82, 2.24) is 30.2 Å². The third-order valence-electron chi connectivity index (χ3n) is 11.0. The summed E-state index contributed by atoms with van der Waals surface area (Å²) in [4.78, 5) is 65.4. The molecule has 292 valence electrons. The number of aromatic nitrogens is 2. The summed E-state index contributed by atoms with van der Waals surface area (Å²) in [7, 11) is -3.93. The zero-order valence-corrected chi connectivity index (χ0v) is 31.1. The van der Waals surface area contributed by atoms with Crippen molar-refractivity contribution in [2.45, 2.75) is 107 Å². The Labute approximate surface area is 312 Å². The van der Waals surface area contributed by atoms with Crippen LogP contribution in [0.3, 0.4) is 0 Å². The number of benzene rings is 1. The summed E-state index contributed by atoms with van der Waals surface area (Å²) in [6.45, 7) is 2.47. The number of hydrogen-bond acceptors (Lipinski definition) is 10. The molecule has 2 aromatic rings. The average Bonchev–Trinajstić information content (AvgIpc) is 4.05. The van der Waals surface area contributed by atoms with Gasteiger partial charge in [-0.1, -0.05) is 64.2 Å². The lowest BCUT2D eigenvalue weighted by Gasteiger charge is -2.26. The molecule has 4 amide bonds. The predicted octanol–water partition coefficient (Wildman–Crippen LogP) is 3.85. The number of cyclic esters (lactones) is 1. The highest BCUT2D eigenvalue weighted by molar-refractivity contribution is 7.91. The highest BCUT2D eigenvalue weighted by Crippen LogP contribution is 2.48. The number of hydrogen-bond donors (Lipinski definition) is 3. The lowest BCUT2D eigenvalue weighted by atomic mass is 9.93. The van der Waals surface area contributed by atoms with Crippen LogP contribution >= 0.6 is 0 Å².